The van der Waals surface area contributed by atoms with Gasteiger partial charge >= 0.3 is 5.97 Å². The van der Waals surface area contributed by atoms with Crippen LogP contribution in [0.4, 0.5) is 0 Å². The van der Waals surface area contributed by atoms with Crippen molar-refractivity contribution in [3.05, 3.63) is 0 Å². The van der Waals surface area contributed by atoms with Crippen molar-refractivity contribution < 1.29 is 14.6 Å². The monoisotopic (exact) mass is 199 g/mol. The van der Waals surface area contributed by atoms with Crippen LogP contribution in [0, 0.1) is 0 Å². The van der Waals surface area contributed by atoms with Crippen molar-refractivity contribution in [3.8, 4) is 0 Å². The van der Waals surface area contributed by atoms with E-state index in [1.54, 1.807) is 0 Å². The van der Waals surface area contributed by atoms with Crippen LogP contribution in [0.15, 0.2) is 0 Å². The highest BCUT2D eigenvalue weighted by atomic mass is 16.5. The molecule has 2 rings (SSSR count). The molecule has 2 fully saturated rings. The van der Waals surface area contributed by atoms with E-state index in [0.717, 1.165) is 12.8 Å². The average Bonchev–Trinajstić information content (AvgIpc) is 2.14. The van der Waals surface area contributed by atoms with Gasteiger partial charge in [-0.05, 0) is 25.7 Å². The zero-order valence-corrected chi connectivity index (χ0v) is 8.24. The molecule has 0 bridgehead atoms. The summed E-state index contributed by atoms with van der Waals surface area (Å²) in [6.07, 6.45) is 5.69. The first-order valence-electron chi connectivity index (χ1n) is 5.40. The number of nitrogens with one attached hydrogen (secondary N) is 1. The fourth-order valence-corrected chi connectivity index (χ4v) is 2.02. The molecule has 1 saturated carbocycles. The molecule has 1 aliphatic heterocycles. The fourth-order valence-electron chi connectivity index (χ4n) is 2.02. The lowest BCUT2D eigenvalue weighted by molar-refractivity contribution is -0.159. The van der Waals surface area contributed by atoms with Crippen LogP contribution in [0.2, 0.25) is 0 Å². The minimum atomic E-state index is -0.515. The van der Waals surface area contributed by atoms with Gasteiger partial charge in [0.1, 0.15) is 18.4 Å². The van der Waals surface area contributed by atoms with Gasteiger partial charge in [-0.2, -0.15) is 0 Å². The molecule has 1 unspecified atom stereocenters. The van der Waals surface area contributed by atoms with Crippen molar-refractivity contribution in [1.29, 1.82) is 0 Å². The van der Waals surface area contributed by atoms with Crippen molar-refractivity contribution in [3.63, 3.8) is 0 Å². The minimum Gasteiger partial charge on any atom is -0.461 e. The maximum Gasteiger partial charge on any atom is 0.323 e. The maximum absolute atomic E-state index is 11.4. The molecule has 80 valence electrons. The molecule has 1 saturated heterocycles. The van der Waals surface area contributed by atoms with E-state index in [9.17, 15) is 4.79 Å². The van der Waals surface area contributed by atoms with Crippen molar-refractivity contribution in [1.82, 2.24) is 5.32 Å². The van der Waals surface area contributed by atoms with Gasteiger partial charge in [0.05, 0.1) is 0 Å². The summed E-state index contributed by atoms with van der Waals surface area (Å²) in [6, 6.07) is -0.271. The second-order valence-electron chi connectivity index (χ2n) is 4.17. The topological polar surface area (TPSA) is 58.6 Å². The Hall–Kier alpha value is -0.610. The van der Waals surface area contributed by atoms with E-state index < -0.39 is 6.23 Å². The molecule has 0 aromatic rings. The highest BCUT2D eigenvalue weighted by Crippen LogP contribution is 2.22. The number of carbonyl (C=O) groups is 1. The number of carbonyl (C=O) groups excluding carboxylic acids is 1. The van der Waals surface area contributed by atoms with Crippen LogP contribution in [0.3, 0.4) is 0 Å². The molecule has 2 atom stereocenters. The molecule has 0 radical (unpaired) electrons. The summed E-state index contributed by atoms with van der Waals surface area (Å²) in [6.45, 7) is 0. The van der Waals surface area contributed by atoms with Gasteiger partial charge in [0.2, 0.25) is 0 Å². The van der Waals surface area contributed by atoms with Crippen LogP contribution < -0.4 is 5.32 Å². The summed E-state index contributed by atoms with van der Waals surface area (Å²) in [5.74, 6) is -0.192. The summed E-state index contributed by atoms with van der Waals surface area (Å²) in [5.41, 5.74) is 0. The zero-order valence-electron chi connectivity index (χ0n) is 8.24. The largest absolute Gasteiger partial charge is 0.461 e. The third kappa shape index (κ3) is 2.25. The van der Waals surface area contributed by atoms with Crippen molar-refractivity contribution in [2.24, 2.45) is 0 Å². The fraction of sp³-hybridized carbons (Fsp3) is 0.900. The molecule has 0 aromatic heterocycles. The standard InChI is InChI=1S/C10H17NO3/c12-9-6-8(11-9)10(13)14-7-4-2-1-3-5-7/h7-9,11-12H,1-6H2/t8-,9?/m0/s1. The Labute approximate surface area is 83.6 Å². The SMILES string of the molecule is O=C(OC1CCCCC1)[C@@H]1CC(O)N1. The molecule has 0 aromatic carbocycles. The quantitative estimate of drug-likeness (QED) is 0.637. The molecule has 4 heteroatoms. The van der Waals surface area contributed by atoms with Crippen molar-refractivity contribution >= 4 is 5.97 Å². The number of esters is 1. The summed E-state index contributed by atoms with van der Waals surface area (Å²) in [7, 11) is 0. The predicted molar refractivity (Wildman–Crippen MR) is 50.5 cm³/mol. The lowest BCUT2D eigenvalue weighted by Crippen LogP contribution is -2.57. The number of hydrogen-bond acceptors (Lipinski definition) is 4. The molecule has 1 heterocycles. The van der Waals surface area contributed by atoms with E-state index in [1.807, 2.05) is 0 Å². The lowest BCUT2D eigenvalue weighted by Gasteiger charge is -2.33. The second-order valence-corrected chi connectivity index (χ2v) is 4.17. The predicted octanol–water partition coefficient (Wildman–Crippen LogP) is 0.543. The molecule has 1 aliphatic carbocycles. The molecular formula is C10H17NO3. The first kappa shape index (κ1) is 9.93. The molecule has 2 N–H and O–H groups in total. The summed E-state index contributed by atoms with van der Waals surface area (Å²) >= 11 is 0. The van der Waals surface area contributed by atoms with Gasteiger partial charge in [-0.3, -0.25) is 10.1 Å². The van der Waals surface area contributed by atoms with Gasteiger partial charge in [0.15, 0.2) is 0 Å². The van der Waals surface area contributed by atoms with Gasteiger partial charge in [-0.15, -0.1) is 0 Å². The van der Waals surface area contributed by atoms with Gasteiger partial charge in [-0.1, -0.05) is 6.42 Å². The van der Waals surface area contributed by atoms with E-state index >= 15 is 0 Å². The van der Waals surface area contributed by atoms with Crippen molar-refractivity contribution in [2.45, 2.75) is 56.9 Å². The van der Waals surface area contributed by atoms with Crippen LogP contribution in [0.1, 0.15) is 38.5 Å². The van der Waals surface area contributed by atoms with Crippen LogP contribution in [-0.2, 0) is 9.53 Å². The third-order valence-corrected chi connectivity index (χ3v) is 2.97. The summed E-state index contributed by atoms with van der Waals surface area (Å²) in [4.78, 5) is 11.4. The van der Waals surface area contributed by atoms with Gasteiger partial charge in [0.25, 0.3) is 0 Å². The highest BCUT2D eigenvalue weighted by Gasteiger charge is 2.34. The number of ether oxygens (including phenoxy) is 1. The molecule has 4 nitrogen and oxygen atoms in total. The van der Waals surface area contributed by atoms with Gasteiger partial charge < -0.3 is 9.84 Å². The number of rotatable bonds is 2. The van der Waals surface area contributed by atoms with E-state index in [4.69, 9.17) is 9.84 Å². The Morgan fingerprint density at radius 1 is 1.29 bits per heavy atom. The lowest BCUT2D eigenvalue weighted by atomic mass is 9.97. The van der Waals surface area contributed by atoms with Gasteiger partial charge in [-0.25, -0.2) is 0 Å². The molecule has 0 amide bonds. The Balaban J connectivity index is 1.71. The molecule has 14 heavy (non-hydrogen) atoms. The average molecular weight is 199 g/mol. The normalized spacial score (nSPS) is 33.5. The number of hydrogen-bond donors (Lipinski definition) is 2. The van der Waals surface area contributed by atoms with Gasteiger partial charge in [0, 0.05) is 6.42 Å². The molecule has 2 aliphatic rings. The highest BCUT2D eigenvalue weighted by molar-refractivity contribution is 5.77. The number of aliphatic hydroxyl groups excluding tert-OH is 1. The minimum absolute atomic E-state index is 0.121. The Bertz CT molecular complexity index is 207. The second kappa shape index (κ2) is 4.28. The van der Waals surface area contributed by atoms with E-state index in [2.05, 4.69) is 5.32 Å². The molecule has 0 spiro atoms. The Morgan fingerprint density at radius 2 is 1.93 bits per heavy atom. The smallest absolute Gasteiger partial charge is 0.323 e. The maximum atomic E-state index is 11.4. The Morgan fingerprint density at radius 3 is 2.50 bits per heavy atom. The third-order valence-electron chi connectivity index (χ3n) is 2.97. The van der Waals surface area contributed by atoms with E-state index in [1.165, 1.54) is 19.3 Å². The Kier molecular flexibility index (Phi) is 3.03. The first-order valence-corrected chi connectivity index (χ1v) is 5.40. The number of aliphatic hydroxyl groups is 1. The first-order chi connectivity index (χ1) is 6.75. The van der Waals surface area contributed by atoms with Crippen LogP contribution in [0.5, 0.6) is 0 Å². The van der Waals surface area contributed by atoms with Crippen LogP contribution >= 0.6 is 0 Å². The van der Waals surface area contributed by atoms with Crippen LogP contribution in [0.25, 0.3) is 0 Å². The summed E-state index contributed by atoms with van der Waals surface area (Å²) in [5, 5.41) is 11.7. The molecular weight excluding hydrogens is 182 g/mol. The zero-order chi connectivity index (χ0) is 9.97. The van der Waals surface area contributed by atoms with E-state index in [-0.39, 0.29) is 18.1 Å². The van der Waals surface area contributed by atoms with E-state index in [0.29, 0.717) is 6.42 Å². The summed E-state index contributed by atoms with van der Waals surface area (Å²) < 4.78 is 5.33. The van der Waals surface area contributed by atoms with Crippen molar-refractivity contribution in [2.75, 3.05) is 0 Å². The van der Waals surface area contributed by atoms with Crippen LogP contribution in [-0.4, -0.2) is 29.4 Å².